The third-order valence-corrected chi connectivity index (χ3v) is 5.22. The van der Waals surface area contributed by atoms with Gasteiger partial charge in [0, 0.05) is 6.04 Å². The van der Waals surface area contributed by atoms with E-state index in [2.05, 4.69) is 31.0 Å². The van der Waals surface area contributed by atoms with Crippen molar-refractivity contribution in [3.05, 3.63) is 0 Å². The van der Waals surface area contributed by atoms with Gasteiger partial charge in [0.1, 0.15) is 0 Å². The van der Waals surface area contributed by atoms with E-state index in [0.717, 1.165) is 17.4 Å². The van der Waals surface area contributed by atoms with Gasteiger partial charge in [-0.15, -0.1) is 0 Å². The molecule has 1 aliphatic carbocycles. The summed E-state index contributed by atoms with van der Waals surface area (Å²) in [5, 5.41) is 3.75. The van der Waals surface area contributed by atoms with E-state index in [1.165, 1.54) is 64.7 Å². The van der Waals surface area contributed by atoms with Crippen LogP contribution in [-0.4, -0.2) is 37.1 Å². The van der Waals surface area contributed by atoms with Crippen LogP contribution in [0.4, 0.5) is 0 Å². The van der Waals surface area contributed by atoms with Crippen molar-refractivity contribution in [2.75, 3.05) is 26.2 Å². The van der Waals surface area contributed by atoms with Crippen molar-refractivity contribution >= 4 is 0 Å². The van der Waals surface area contributed by atoms with Gasteiger partial charge in [0.15, 0.2) is 0 Å². The highest BCUT2D eigenvalue weighted by molar-refractivity contribution is 4.91. The molecule has 1 saturated heterocycles. The first-order valence-electron chi connectivity index (χ1n) is 9.09. The van der Waals surface area contributed by atoms with Crippen LogP contribution < -0.4 is 5.32 Å². The first-order valence-corrected chi connectivity index (χ1v) is 9.09. The largest absolute Gasteiger partial charge is 0.314 e. The number of likely N-dealkylation sites (tertiary alicyclic amines) is 1. The van der Waals surface area contributed by atoms with Crippen LogP contribution in [0.5, 0.6) is 0 Å². The SMILES string of the molecule is CC.CCN1CCC2(CCC(NCC(C)C)CC2)CC1. The number of hydrogen-bond donors (Lipinski definition) is 1. The van der Waals surface area contributed by atoms with E-state index >= 15 is 0 Å². The number of nitrogens with one attached hydrogen (secondary N) is 1. The van der Waals surface area contributed by atoms with Gasteiger partial charge >= 0.3 is 0 Å². The van der Waals surface area contributed by atoms with Crippen molar-refractivity contribution in [3.63, 3.8) is 0 Å². The molecule has 1 aliphatic heterocycles. The van der Waals surface area contributed by atoms with E-state index in [9.17, 15) is 0 Å². The van der Waals surface area contributed by atoms with E-state index in [1.54, 1.807) is 0 Å². The van der Waals surface area contributed by atoms with Crippen LogP contribution in [0.2, 0.25) is 0 Å². The summed E-state index contributed by atoms with van der Waals surface area (Å²) in [5.74, 6) is 0.786. The average molecular weight is 283 g/mol. The van der Waals surface area contributed by atoms with Crippen molar-refractivity contribution in [2.24, 2.45) is 11.3 Å². The Balaban J connectivity index is 0.000000956. The topological polar surface area (TPSA) is 15.3 Å². The molecule has 2 aliphatic rings. The summed E-state index contributed by atoms with van der Waals surface area (Å²) in [4.78, 5) is 2.62. The van der Waals surface area contributed by atoms with Gasteiger partial charge < -0.3 is 10.2 Å². The predicted octanol–water partition coefficient (Wildman–Crippen LogP) is 4.30. The highest BCUT2D eigenvalue weighted by Crippen LogP contribution is 2.44. The van der Waals surface area contributed by atoms with Gasteiger partial charge in [-0.3, -0.25) is 0 Å². The minimum Gasteiger partial charge on any atom is -0.314 e. The van der Waals surface area contributed by atoms with Gasteiger partial charge in [-0.2, -0.15) is 0 Å². The standard InChI is InChI=1S/C16H32N2.C2H6/c1-4-18-11-9-16(10-12-18)7-5-15(6-8-16)17-13-14(2)3;1-2/h14-15,17H,4-13H2,1-3H3;1-2H3. The molecule has 0 radical (unpaired) electrons. The Labute approximate surface area is 127 Å². The van der Waals surface area contributed by atoms with Crippen molar-refractivity contribution < 1.29 is 0 Å². The maximum atomic E-state index is 3.75. The maximum absolute atomic E-state index is 3.75. The molecule has 1 N–H and O–H groups in total. The third kappa shape index (κ3) is 5.37. The van der Waals surface area contributed by atoms with E-state index in [4.69, 9.17) is 0 Å². The van der Waals surface area contributed by atoms with Gasteiger partial charge in [0.05, 0.1) is 0 Å². The predicted molar refractivity (Wildman–Crippen MR) is 90.2 cm³/mol. The number of nitrogens with zero attached hydrogens (tertiary/aromatic N) is 1. The minimum absolute atomic E-state index is 0.724. The van der Waals surface area contributed by atoms with Gasteiger partial charge in [0.25, 0.3) is 0 Å². The zero-order valence-electron chi connectivity index (χ0n) is 14.7. The summed E-state index contributed by atoms with van der Waals surface area (Å²) in [6.07, 6.45) is 8.69. The van der Waals surface area contributed by atoms with Crippen LogP contribution in [0.3, 0.4) is 0 Å². The minimum atomic E-state index is 0.724. The fourth-order valence-corrected chi connectivity index (χ4v) is 3.68. The van der Waals surface area contributed by atoms with Crippen LogP contribution in [-0.2, 0) is 0 Å². The Kier molecular flexibility index (Phi) is 8.13. The first kappa shape index (κ1) is 18.0. The van der Waals surface area contributed by atoms with Crippen LogP contribution >= 0.6 is 0 Å². The number of rotatable bonds is 4. The Morgan fingerprint density at radius 2 is 1.60 bits per heavy atom. The maximum Gasteiger partial charge on any atom is 0.00675 e. The fraction of sp³-hybridized carbons (Fsp3) is 1.00. The molecule has 2 fully saturated rings. The number of hydrogen-bond acceptors (Lipinski definition) is 2. The zero-order chi connectivity index (χ0) is 15.0. The normalized spacial score (nSPS) is 23.7. The molecule has 0 aromatic rings. The Morgan fingerprint density at radius 3 is 2.05 bits per heavy atom. The first-order chi connectivity index (χ1) is 9.63. The van der Waals surface area contributed by atoms with Crippen LogP contribution in [0, 0.1) is 11.3 Å². The zero-order valence-corrected chi connectivity index (χ0v) is 14.7. The van der Waals surface area contributed by atoms with Gasteiger partial charge in [0.2, 0.25) is 0 Å². The molecule has 1 spiro atoms. The van der Waals surface area contributed by atoms with Gasteiger partial charge in [-0.25, -0.2) is 0 Å². The summed E-state index contributed by atoms with van der Waals surface area (Å²) < 4.78 is 0. The summed E-state index contributed by atoms with van der Waals surface area (Å²) in [7, 11) is 0. The Morgan fingerprint density at radius 1 is 1.05 bits per heavy atom. The molecule has 0 aromatic heterocycles. The van der Waals surface area contributed by atoms with Crippen molar-refractivity contribution in [1.82, 2.24) is 10.2 Å². The van der Waals surface area contributed by atoms with E-state index in [1.807, 2.05) is 13.8 Å². The van der Waals surface area contributed by atoms with E-state index in [-0.39, 0.29) is 0 Å². The molecule has 0 atom stereocenters. The molecule has 1 heterocycles. The van der Waals surface area contributed by atoms with Crippen LogP contribution in [0.1, 0.15) is 73.1 Å². The molecule has 20 heavy (non-hydrogen) atoms. The quantitative estimate of drug-likeness (QED) is 0.827. The summed E-state index contributed by atoms with van der Waals surface area (Å²) >= 11 is 0. The van der Waals surface area contributed by atoms with Crippen LogP contribution in [0.15, 0.2) is 0 Å². The van der Waals surface area contributed by atoms with E-state index < -0.39 is 0 Å². The third-order valence-electron chi connectivity index (χ3n) is 5.22. The Bertz CT molecular complexity index is 232. The lowest BCUT2D eigenvalue weighted by Crippen LogP contribution is -2.45. The highest BCUT2D eigenvalue weighted by atomic mass is 15.1. The second kappa shape index (κ2) is 9.04. The van der Waals surface area contributed by atoms with Crippen molar-refractivity contribution in [3.8, 4) is 0 Å². The lowest BCUT2D eigenvalue weighted by atomic mass is 9.67. The van der Waals surface area contributed by atoms with E-state index in [0.29, 0.717) is 0 Å². The molecule has 0 bridgehead atoms. The molecule has 1 saturated carbocycles. The summed E-state index contributed by atoms with van der Waals surface area (Å²) in [6, 6.07) is 0.808. The summed E-state index contributed by atoms with van der Waals surface area (Å²) in [6.45, 7) is 16.0. The molecule has 2 rings (SSSR count). The second-order valence-corrected chi connectivity index (χ2v) is 7.01. The fourth-order valence-electron chi connectivity index (χ4n) is 3.68. The molecule has 0 amide bonds. The number of piperidine rings is 1. The van der Waals surface area contributed by atoms with Crippen molar-refractivity contribution in [1.29, 1.82) is 0 Å². The molecular formula is C18H38N2. The second-order valence-electron chi connectivity index (χ2n) is 7.01. The Hall–Kier alpha value is -0.0800. The van der Waals surface area contributed by atoms with Crippen molar-refractivity contribution in [2.45, 2.75) is 79.2 Å². The molecular weight excluding hydrogens is 244 g/mol. The molecule has 2 nitrogen and oxygen atoms in total. The molecule has 2 heteroatoms. The molecule has 0 unspecified atom stereocenters. The lowest BCUT2D eigenvalue weighted by Gasteiger charge is -2.46. The summed E-state index contributed by atoms with van der Waals surface area (Å²) in [5.41, 5.74) is 0.724. The van der Waals surface area contributed by atoms with Gasteiger partial charge in [-0.1, -0.05) is 34.6 Å². The average Bonchev–Trinajstić information content (AvgIpc) is 2.50. The highest BCUT2D eigenvalue weighted by Gasteiger charge is 2.37. The molecule has 120 valence electrons. The smallest absolute Gasteiger partial charge is 0.00675 e. The lowest BCUT2D eigenvalue weighted by molar-refractivity contribution is 0.0607. The van der Waals surface area contributed by atoms with Crippen LogP contribution in [0.25, 0.3) is 0 Å². The van der Waals surface area contributed by atoms with Gasteiger partial charge in [-0.05, 0) is 76.0 Å². The molecule has 0 aromatic carbocycles. The monoisotopic (exact) mass is 282 g/mol.